The van der Waals surface area contributed by atoms with Crippen molar-refractivity contribution in [3.05, 3.63) is 30.3 Å². The molecule has 1 heterocycles. The topological polar surface area (TPSA) is 41.5 Å². The van der Waals surface area contributed by atoms with Gasteiger partial charge in [0, 0.05) is 16.8 Å². The van der Waals surface area contributed by atoms with Gasteiger partial charge in [0.25, 0.3) is 0 Å². The Labute approximate surface area is 80.9 Å². The maximum atomic E-state index is 9.74. The molecule has 2 N–H and O–H groups in total. The molecule has 0 unspecified atom stereocenters. The van der Waals surface area contributed by atoms with Gasteiger partial charge in [-0.25, -0.2) is 0 Å². The Bertz CT molecular complexity index is 508. The minimum atomic E-state index is 0.289. The van der Waals surface area contributed by atoms with Crippen molar-refractivity contribution in [1.82, 2.24) is 0 Å². The fraction of sp³-hybridized carbons (Fsp3) is 0.0909. The summed E-state index contributed by atoms with van der Waals surface area (Å²) in [5.74, 6) is 1.12. The van der Waals surface area contributed by atoms with Crippen molar-refractivity contribution in [1.29, 1.82) is 0 Å². The minimum Gasteiger partial charge on any atom is -0.507 e. The number of aromatic hydroxyl groups is 1. The van der Waals surface area contributed by atoms with Gasteiger partial charge in [-0.3, -0.25) is 0 Å². The highest BCUT2D eigenvalue weighted by molar-refractivity contribution is 5.98. The standard InChI is InChI=1S/C11H9NO2/c13-10-5-9-11(14-6-12-9)8-4-2-1-3-7(8)10/h1-5,12-13H,6H2. The molecule has 0 aromatic heterocycles. The van der Waals surface area contributed by atoms with E-state index in [4.69, 9.17) is 4.74 Å². The van der Waals surface area contributed by atoms with E-state index in [9.17, 15) is 5.11 Å². The quantitative estimate of drug-likeness (QED) is 0.665. The van der Waals surface area contributed by atoms with Gasteiger partial charge in [-0.05, 0) is 0 Å². The summed E-state index contributed by atoms with van der Waals surface area (Å²) in [7, 11) is 0. The highest BCUT2D eigenvalue weighted by Gasteiger charge is 2.16. The third kappa shape index (κ3) is 0.865. The van der Waals surface area contributed by atoms with E-state index >= 15 is 0 Å². The molecule has 0 aliphatic carbocycles. The number of nitrogens with one attached hydrogen (secondary N) is 1. The summed E-state index contributed by atoms with van der Waals surface area (Å²) in [6.07, 6.45) is 0. The van der Waals surface area contributed by atoms with Crippen molar-refractivity contribution in [2.24, 2.45) is 0 Å². The van der Waals surface area contributed by atoms with Gasteiger partial charge >= 0.3 is 0 Å². The smallest absolute Gasteiger partial charge is 0.159 e. The molecule has 0 amide bonds. The molecule has 0 bridgehead atoms. The summed E-state index contributed by atoms with van der Waals surface area (Å²) < 4.78 is 5.44. The highest BCUT2D eigenvalue weighted by atomic mass is 16.5. The van der Waals surface area contributed by atoms with Crippen LogP contribution in [0.2, 0.25) is 0 Å². The Morgan fingerprint density at radius 3 is 2.86 bits per heavy atom. The molecule has 70 valence electrons. The number of rotatable bonds is 0. The number of anilines is 1. The average Bonchev–Trinajstić information content (AvgIpc) is 2.66. The van der Waals surface area contributed by atoms with E-state index < -0.39 is 0 Å². The minimum absolute atomic E-state index is 0.289. The summed E-state index contributed by atoms with van der Waals surface area (Å²) in [4.78, 5) is 0. The Morgan fingerprint density at radius 2 is 2.00 bits per heavy atom. The zero-order valence-corrected chi connectivity index (χ0v) is 7.45. The first-order valence-electron chi connectivity index (χ1n) is 4.47. The molecule has 1 aliphatic rings. The van der Waals surface area contributed by atoms with Crippen LogP contribution in [0.15, 0.2) is 30.3 Å². The molecule has 0 saturated heterocycles. The molecule has 1 aliphatic heterocycles. The summed E-state index contributed by atoms with van der Waals surface area (Å²) in [5.41, 5.74) is 0.862. The Balaban J connectivity index is 2.47. The molecule has 0 saturated carbocycles. The summed E-state index contributed by atoms with van der Waals surface area (Å²) >= 11 is 0. The molecular formula is C11H9NO2. The van der Waals surface area contributed by atoms with Gasteiger partial charge in [-0.1, -0.05) is 24.3 Å². The van der Waals surface area contributed by atoms with Crippen LogP contribution >= 0.6 is 0 Å². The molecule has 0 atom stereocenters. The van der Waals surface area contributed by atoms with E-state index in [1.54, 1.807) is 6.07 Å². The van der Waals surface area contributed by atoms with Crippen LogP contribution in [0, 0.1) is 0 Å². The lowest BCUT2D eigenvalue weighted by Crippen LogP contribution is -1.96. The van der Waals surface area contributed by atoms with Crippen LogP contribution in [0.3, 0.4) is 0 Å². The number of hydrogen-bond acceptors (Lipinski definition) is 3. The average molecular weight is 187 g/mol. The van der Waals surface area contributed by atoms with Crippen molar-refractivity contribution in [3.63, 3.8) is 0 Å². The maximum Gasteiger partial charge on any atom is 0.159 e. The Morgan fingerprint density at radius 1 is 1.21 bits per heavy atom. The van der Waals surface area contributed by atoms with Crippen LogP contribution in [0.4, 0.5) is 5.69 Å². The van der Waals surface area contributed by atoms with Gasteiger partial charge in [-0.2, -0.15) is 0 Å². The molecule has 0 spiro atoms. The lowest BCUT2D eigenvalue weighted by molar-refractivity contribution is 0.376. The van der Waals surface area contributed by atoms with Crippen molar-refractivity contribution < 1.29 is 9.84 Å². The predicted molar refractivity (Wildman–Crippen MR) is 54.7 cm³/mol. The van der Waals surface area contributed by atoms with E-state index in [0.29, 0.717) is 6.73 Å². The predicted octanol–water partition coefficient (Wildman–Crippen LogP) is 2.31. The summed E-state index contributed by atoms with van der Waals surface area (Å²) in [5, 5.41) is 14.6. The monoisotopic (exact) mass is 187 g/mol. The van der Waals surface area contributed by atoms with Crippen LogP contribution in [-0.4, -0.2) is 11.8 Å². The largest absolute Gasteiger partial charge is 0.507 e. The van der Waals surface area contributed by atoms with Crippen molar-refractivity contribution in [2.75, 3.05) is 12.0 Å². The first kappa shape index (κ1) is 7.50. The van der Waals surface area contributed by atoms with Gasteiger partial charge in [0.05, 0.1) is 5.69 Å². The number of hydrogen-bond donors (Lipinski definition) is 2. The SMILES string of the molecule is Oc1cc2c(c3ccccc13)OCN2. The van der Waals surface area contributed by atoms with E-state index in [-0.39, 0.29) is 5.75 Å². The lowest BCUT2D eigenvalue weighted by atomic mass is 10.1. The van der Waals surface area contributed by atoms with Gasteiger partial charge in [-0.15, -0.1) is 0 Å². The second-order valence-electron chi connectivity index (χ2n) is 3.28. The second kappa shape index (κ2) is 2.54. The normalized spacial score (nSPS) is 13.4. The van der Waals surface area contributed by atoms with Gasteiger partial charge < -0.3 is 15.2 Å². The first-order valence-corrected chi connectivity index (χ1v) is 4.47. The fourth-order valence-electron chi connectivity index (χ4n) is 1.80. The molecular weight excluding hydrogens is 178 g/mol. The molecule has 0 fully saturated rings. The molecule has 14 heavy (non-hydrogen) atoms. The molecule has 2 aromatic rings. The van der Waals surface area contributed by atoms with Crippen LogP contribution in [-0.2, 0) is 0 Å². The Hall–Kier alpha value is -1.90. The van der Waals surface area contributed by atoms with Gasteiger partial charge in [0.2, 0.25) is 0 Å². The highest BCUT2D eigenvalue weighted by Crippen LogP contribution is 2.41. The third-order valence-corrected chi connectivity index (χ3v) is 2.45. The Kier molecular flexibility index (Phi) is 1.36. The maximum absolute atomic E-state index is 9.74. The van der Waals surface area contributed by atoms with E-state index in [0.717, 1.165) is 22.2 Å². The second-order valence-corrected chi connectivity index (χ2v) is 3.28. The number of phenolic OH excluding ortho intramolecular Hbond substituents is 1. The molecule has 3 rings (SSSR count). The number of ether oxygens (including phenoxy) is 1. The number of benzene rings is 2. The molecule has 3 nitrogen and oxygen atoms in total. The molecule has 2 aromatic carbocycles. The van der Waals surface area contributed by atoms with Crippen molar-refractivity contribution in [2.45, 2.75) is 0 Å². The van der Waals surface area contributed by atoms with E-state index in [1.165, 1.54) is 0 Å². The zero-order valence-electron chi connectivity index (χ0n) is 7.45. The van der Waals surface area contributed by atoms with Crippen LogP contribution in [0.5, 0.6) is 11.5 Å². The number of phenols is 1. The van der Waals surface area contributed by atoms with Crippen molar-refractivity contribution >= 4 is 16.5 Å². The van der Waals surface area contributed by atoms with Gasteiger partial charge in [0.1, 0.15) is 5.75 Å². The lowest BCUT2D eigenvalue weighted by Gasteiger charge is -2.05. The van der Waals surface area contributed by atoms with Crippen molar-refractivity contribution in [3.8, 4) is 11.5 Å². The van der Waals surface area contributed by atoms with Crippen LogP contribution in [0.1, 0.15) is 0 Å². The molecule has 3 heteroatoms. The molecule has 0 radical (unpaired) electrons. The third-order valence-electron chi connectivity index (χ3n) is 2.45. The van der Waals surface area contributed by atoms with Crippen LogP contribution in [0.25, 0.3) is 10.8 Å². The zero-order chi connectivity index (χ0) is 9.54. The van der Waals surface area contributed by atoms with Crippen LogP contribution < -0.4 is 10.1 Å². The first-order chi connectivity index (χ1) is 6.86. The van der Waals surface area contributed by atoms with Gasteiger partial charge in [0.15, 0.2) is 12.5 Å². The fourth-order valence-corrected chi connectivity index (χ4v) is 1.80. The summed E-state index contributed by atoms with van der Waals surface area (Å²) in [6, 6.07) is 9.36. The summed E-state index contributed by atoms with van der Waals surface area (Å²) in [6.45, 7) is 0.475. The van der Waals surface area contributed by atoms with E-state index in [1.807, 2.05) is 24.3 Å². The number of fused-ring (bicyclic) bond motifs is 3. The van der Waals surface area contributed by atoms with E-state index in [2.05, 4.69) is 5.32 Å².